The van der Waals surface area contributed by atoms with Gasteiger partial charge in [-0.05, 0) is 23.3 Å². The van der Waals surface area contributed by atoms with E-state index in [4.69, 9.17) is 9.47 Å². The SMILES string of the molecule is COc1ccc(C=NN=C2c3ccccc3-c3ccccc32)c(C(=O)[O-])c1OC. The summed E-state index contributed by atoms with van der Waals surface area (Å²) in [7, 11) is 2.81. The summed E-state index contributed by atoms with van der Waals surface area (Å²) in [6, 6.07) is 19.1. The number of carboxylic acid groups (broad SMARTS) is 1. The first-order chi connectivity index (χ1) is 14.2. The highest BCUT2D eigenvalue weighted by Crippen LogP contribution is 2.37. The molecule has 0 aliphatic heterocycles. The van der Waals surface area contributed by atoms with Crippen molar-refractivity contribution in [2.75, 3.05) is 14.2 Å². The number of nitrogens with zero attached hydrogens (tertiary/aromatic N) is 2. The Morgan fingerprint density at radius 3 is 1.97 bits per heavy atom. The molecule has 3 aromatic carbocycles. The molecule has 0 bridgehead atoms. The molecule has 0 saturated carbocycles. The van der Waals surface area contributed by atoms with Crippen molar-refractivity contribution in [1.29, 1.82) is 0 Å². The molecule has 6 heteroatoms. The molecule has 0 aromatic heterocycles. The fourth-order valence-electron chi connectivity index (χ4n) is 3.51. The first-order valence-electron chi connectivity index (χ1n) is 8.92. The summed E-state index contributed by atoms with van der Waals surface area (Å²) < 4.78 is 10.4. The number of aromatic carboxylic acids is 1. The van der Waals surface area contributed by atoms with Gasteiger partial charge >= 0.3 is 0 Å². The predicted octanol–water partition coefficient (Wildman–Crippen LogP) is 2.92. The van der Waals surface area contributed by atoms with Gasteiger partial charge in [-0.15, -0.1) is 5.10 Å². The zero-order valence-electron chi connectivity index (χ0n) is 15.9. The molecule has 6 nitrogen and oxygen atoms in total. The van der Waals surface area contributed by atoms with Gasteiger partial charge in [0.25, 0.3) is 0 Å². The van der Waals surface area contributed by atoms with Crippen molar-refractivity contribution in [2.45, 2.75) is 0 Å². The van der Waals surface area contributed by atoms with E-state index in [9.17, 15) is 9.90 Å². The van der Waals surface area contributed by atoms with Crippen LogP contribution < -0.4 is 14.6 Å². The van der Waals surface area contributed by atoms with Crippen LogP contribution in [0, 0.1) is 0 Å². The van der Waals surface area contributed by atoms with Crippen LogP contribution in [0.3, 0.4) is 0 Å². The molecule has 1 aliphatic carbocycles. The van der Waals surface area contributed by atoms with Crippen LogP contribution in [0.15, 0.2) is 70.9 Å². The van der Waals surface area contributed by atoms with E-state index in [0.717, 1.165) is 28.0 Å². The number of fused-ring (bicyclic) bond motifs is 3. The standard InChI is InChI=1S/C23H18N2O4/c1-28-19-12-11-14(20(23(26)27)22(19)29-2)13-24-25-21-17-9-5-3-7-15(17)16-8-4-6-10-18(16)21/h3-13H,1-2H3,(H,26,27)/p-1. The second-order valence-corrected chi connectivity index (χ2v) is 6.34. The van der Waals surface area contributed by atoms with Gasteiger partial charge in [0.1, 0.15) is 5.71 Å². The van der Waals surface area contributed by atoms with E-state index in [2.05, 4.69) is 10.2 Å². The van der Waals surface area contributed by atoms with Gasteiger partial charge in [0.15, 0.2) is 11.5 Å². The molecule has 29 heavy (non-hydrogen) atoms. The number of ether oxygens (including phenoxy) is 2. The molecular weight excluding hydrogens is 368 g/mol. The molecule has 0 saturated heterocycles. The Labute approximate surface area is 167 Å². The Morgan fingerprint density at radius 2 is 1.45 bits per heavy atom. The molecule has 0 atom stereocenters. The van der Waals surface area contributed by atoms with E-state index in [1.807, 2.05) is 48.5 Å². The molecule has 0 amide bonds. The molecule has 0 radical (unpaired) electrons. The lowest BCUT2D eigenvalue weighted by atomic mass is 10.1. The number of hydrogen-bond donors (Lipinski definition) is 0. The number of methoxy groups -OCH3 is 2. The van der Waals surface area contributed by atoms with E-state index < -0.39 is 5.97 Å². The molecule has 0 heterocycles. The first-order valence-corrected chi connectivity index (χ1v) is 8.92. The summed E-state index contributed by atoms with van der Waals surface area (Å²) in [5.41, 5.74) is 5.08. The minimum absolute atomic E-state index is 0.0839. The summed E-state index contributed by atoms with van der Waals surface area (Å²) in [5.74, 6) is -0.999. The molecule has 1 aliphatic rings. The van der Waals surface area contributed by atoms with Crippen LogP contribution in [-0.2, 0) is 0 Å². The quantitative estimate of drug-likeness (QED) is 0.391. The summed E-state index contributed by atoms with van der Waals surface area (Å²) in [4.78, 5) is 11.7. The maximum absolute atomic E-state index is 11.7. The van der Waals surface area contributed by atoms with Crippen molar-refractivity contribution in [1.82, 2.24) is 0 Å². The number of hydrogen-bond acceptors (Lipinski definition) is 6. The average molecular weight is 385 g/mol. The van der Waals surface area contributed by atoms with Gasteiger partial charge in [-0.2, -0.15) is 5.10 Å². The van der Waals surface area contributed by atoms with Gasteiger partial charge in [0, 0.05) is 16.7 Å². The normalized spacial score (nSPS) is 11.9. The average Bonchev–Trinajstić information content (AvgIpc) is 3.07. The number of rotatable bonds is 5. The highest BCUT2D eigenvalue weighted by molar-refractivity contribution is 6.24. The van der Waals surface area contributed by atoms with Gasteiger partial charge < -0.3 is 19.4 Å². The zero-order valence-corrected chi connectivity index (χ0v) is 15.9. The maximum Gasteiger partial charge on any atom is 0.170 e. The fraction of sp³-hybridized carbons (Fsp3) is 0.0870. The zero-order chi connectivity index (χ0) is 20.4. The van der Waals surface area contributed by atoms with E-state index in [1.54, 1.807) is 12.1 Å². The Kier molecular flexibility index (Phi) is 4.83. The predicted molar refractivity (Wildman–Crippen MR) is 109 cm³/mol. The number of carbonyl (C=O) groups is 1. The van der Waals surface area contributed by atoms with Crippen LogP contribution in [0.2, 0.25) is 0 Å². The maximum atomic E-state index is 11.7. The molecular formula is C23H17N2O4-. The lowest BCUT2D eigenvalue weighted by molar-refractivity contribution is -0.255. The van der Waals surface area contributed by atoms with E-state index in [-0.39, 0.29) is 11.3 Å². The molecule has 4 rings (SSSR count). The third-order valence-corrected chi connectivity index (χ3v) is 4.79. The lowest BCUT2D eigenvalue weighted by Crippen LogP contribution is -2.24. The van der Waals surface area contributed by atoms with Crippen molar-refractivity contribution in [3.05, 3.63) is 82.9 Å². The Hall–Kier alpha value is -3.93. The minimum atomic E-state index is -1.38. The van der Waals surface area contributed by atoms with E-state index >= 15 is 0 Å². The molecule has 0 spiro atoms. The van der Waals surface area contributed by atoms with Crippen LogP contribution in [0.4, 0.5) is 0 Å². The van der Waals surface area contributed by atoms with Crippen molar-refractivity contribution in [3.63, 3.8) is 0 Å². The van der Waals surface area contributed by atoms with E-state index in [0.29, 0.717) is 11.3 Å². The molecule has 3 aromatic rings. The molecule has 0 unspecified atom stereocenters. The Morgan fingerprint density at radius 1 is 0.862 bits per heavy atom. The van der Waals surface area contributed by atoms with Crippen LogP contribution in [-0.4, -0.2) is 32.1 Å². The van der Waals surface area contributed by atoms with Crippen molar-refractivity contribution >= 4 is 17.9 Å². The van der Waals surface area contributed by atoms with Crippen molar-refractivity contribution < 1.29 is 19.4 Å². The largest absolute Gasteiger partial charge is 0.545 e. The first kappa shape index (κ1) is 18.4. The van der Waals surface area contributed by atoms with Gasteiger partial charge in [-0.1, -0.05) is 48.5 Å². The number of benzene rings is 3. The monoisotopic (exact) mass is 385 g/mol. The second-order valence-electron chi connectivity index (χ2n) is 6.34. The van der Waals surface area contributed by atoms with Gasteiger partial charge in [-0.25, -0.2) is 0 Å². The number of carbonyl (C=O) groups excluding carboxylic acids is 1. The lowest BCUT2D eigenvalue weighted by Gasteiger charge is -2.15. The molecule has 0 N–H and O–H groups in total. The van der Waals surface area contributed by atoms with E-state index in [1.165, 1.54) is 20.4 Å². The van der Waals surface area contributed by atoms with Crippen LogP contribution in [0.25, 0.3) is 11.1 Å². The van der Waals surface area contributed by atoms with Gasteiger partial charge in [-0.3, -0.25) is 0 Å². The summed E-state index contributed by atoms with van der Waals surface area (Å²) in [6.07, 6.45) is 1.38. The fourth-order valence-corrected chi connectivity index (χ4v) is 3.51. The number of carboxylic acids is 1. The van der Waals surface area contributed by atoms with Crippen LogP contribution >= 0.6 is 0 Å². The topological polar surface area (TPSA) is 83.3 Å². The van der Waals surface area contributed by atoms with Crippen LogP contribution in [0.1, 0.15) is 27.0 Å². The smallest absolute Gasteiger partial charge is 0.170 e. The molecule has 144 valence electrons. The van der Waals surface area contributed by atoms with Gasteiger partial charge in [0.2, 0.25) is 0 Å². The highest BCUT2D eigenvalue weighted by Gasteiger charge is 2.24. The summed E-state index contributed by atoms with van der Waals surface area (Å²) in [5, 5.41) is 20.2. The minimum Gasteiger partial charge on any atom is -0.545 e. The third kappa shape index (κ3) is 3.14. The third-order valence-electron chi connectivity index (χ3n) is 4.79. The highest BCUT2D eigenvalue weighted by atomic mass is 16.5. The summed E-state index contributed by atoms with van der Waals surface area (Å²) >= 11 is 0. The Bertz CT molecular complexity index is 1120. The molecule has 0 fully saturated rings. The van der Waals surface area contributed by atoms with Crippen molar-refractivity contribution in [2.24, 2.45) is 10.2 Å². The second kappa shape index (κ2) is 7.59. The van der Waals surface area contributed by atoms with Crippen LogP contribution in [0.5, 0.6) is 11.5 Å². The summed E-state index contributed by atoms with van der Waals surface area (Å²) in [6.45, 7) is 0. The Balaban J connectivity index is 1.78. The van der Waals surface area contributed by atoms with Crippen molar-refractivity contribution in [3.8, 4) is 22.6 Å². The van der Waals surface area contributed by atoms with Gasteiger partial charge in [0.05, 0.1) is 32.0 Å².